The zero-order valence-corrected chi connectivity index (χ0v) is 18.7. The number of hydrogen-bond donors (Lipinski definition) is 1. The Kier molecular flexibility index (Phi) is 7.18. The number of nitrogens with zero attached hydrogens (tertiary/aromatic N) is 1. The van der Waals surface area contributed by atoms with E-state index in [1.54, 1.807) is 20.3 Å². The smallest absolute Gasteiger partial charge is 0.290 e. The second-order valence-electron chi connectivity index (χ2n) is 8.18. The van der Waals surface area contributed by atoms with Crippen molar-refractivity contribution in [3.05, 3.63) is 70.7 Å². The molecule has 1 aliphatic heterocycles. The maximum Gasteiger partial charge on any atom is 0.290 e. The van der Waals surface area contributed by atoms with Crippen LogP contribution in [0.5, 0.6) is 11.5 Å². The van der Waals surface area contributed by atoms with Gasteiger partial charge >= 0.3 is 0 Å². The van der Waals surface area contributed by atoms with Gasteiger partial charge < -0.3 is 19.5 Å². The normalized spacial score (nSPS) is 16.1. The van der Waals surface area contributed by atoms with Crippen LogP contribution in [0, 0.1) is 11.7 Å². The van der Waals surface area contributed by atoms with Gasteiger partial charge in [-0.15, -0.1) is 0 Å². The number of aliphatic hydroxyl groups excluding tert-OH is 1. The number of hydrogen-bond acceptors (Lipinski definition) is 5. The molecule has 0 radical (unpaired) electrons. The summed E-state index contributed by atoms with van der Waals surface area (Å²) >= 11 is 0. The number of rotatable bonds is 9. The molecule has 1 amide bonds. The van der Waals surface area contributed by atoms with E-state index in [-0.39, 0.29) is 30.2 Å². The highest BCUT2D eigenvalue weighted by Crippen LogP contribution is 2.39. The van der Waals surface area contributed by atoms with E-state index in [1.165, 1.54) is 29.2 Å². The van der Waals surface area contributed by atoms with Crippen molar-refractivity contribution in [1.82, 2.24) is 4.90 Å². The molecular weight excluding hydrogens is 413 g/mol. The van der Waals surface area contributed by atoms with E-state index < -0.39 is 23.5 Å². The molecule has 1 N–H and O–H groups in total. The summed E-state index contributed by atoms with van der Waals surface area (Å²) in [7, 11) is 3.10. The average molecular weight is 441 g/mol. The molecule has 2 aromatic rings. The molecule has 1 aliphatic rings. The van der Waals surface area contributed by atoms with Crippen LogP contribution in [0.2, 0.25) is 0 Å². The van der Waals surface area contributed by atoms with Crippen molar-refractivity contribution >= 4 is 11.7 Å². The van der Waals surface area contributed by atoms with E-state index >= 15 is 0 Å². The Balaban J connectivity index is 1.92. The monoisotopic (exact) mass is 441 g/mol. The van der Waals surface area contributed by atoms with E-state index in [0.29, 0.717) is 23.5 Å². The van der Waals surface area contributed by atoms with Gasteiger partial charge in [-0.05, 0) is 47.7 Å². The van der Waals surface area contributed by atoms with Crippen LogP contribution in [-0.4, -0.2) is 42.5 Å². The minimum Gasteiger partial charge on any atom is -0.503 e. The van der Waals surface area contributed by atoms with Gasteiger partial charge in [0.1, 0.15) is 5.82 Å². The van der Waals surface area contributed by atoms with Crippen molar-refractivity contribution in [2.75, 3.05) is 20.8 Å². The summed E-state index contributed by atoms with van der Waals surface area (Å²) in [5.41, 5.74) is 1.54. The topological polar surface area (TPSA) is 76.1 Å². The van der Waals surface area contributed by atoms with Crippen molar-refractivity contribution in [3.63, 3.8) is 0 Å². The number of carbonyl (C=O) groups is 2. The highest BCUT2D eigenvalue weighted by molar-refractivity contribution is 6.09. The van der Waals surface area contributed by atoms with Gasteiger partial charge in [0.2, 0.25) is 0 Å². The highest BCUT2D eigenvalue weighted by Gasteiger charge is 2.43. The lowest BCUT2D eigenvalue weighted by Gasteiger charge is -2.27. The third-order valence-corrected chi connectivity index (χ3v) is 5.47. The molecule has 3 rings (SSSR count). The quantitative estimate of drug-likeness (QED) is 0.624. The molecule has 7 heteroatoms. The van der Waals surface area contributed by atoms with Crippen LogP contribution in [0.4, 0.5) is 4.39 Å². The molecule has 0 spiro atoms. The Morgan fingerprint density at radius 3 is 2.34 bits per heavy atom. The van der Waals surface area contributed by atoms with Gasteiger partial charge in [0.25, 0.3) is 5.91 Å². The number of halogens is 1. The summed E-state index contributed by atoms with van der Waals surface area (Å²) in [5, 5.41) is 10.6. The first-order valence-electron chi connectivity index (χ1n) is 10.5. The zero-order chi connectivity index (χ0) is 23.4. The van der Waals surface area contributed by atoms with Gasteiger partial charge in [-0.2, -0.15) is 0 Å². The van der Waals surface area contributed by atoms with E-state index in [2.05, 4.69) is 0 Å². The fraction of sp³-hybridized carbons (Fsp3) is 0.360. The number of carbonyl (C=O) groups excluding carboxylic acids is 2. The fourth-order valence-electron chi connectivity index (χ4n) is 3.93. The third kappa shape index (κ3) is 4.77. The van der Waals surface area contributed by atoms with Crippen molar-refractivity contribution in [1.29, 1.82) is 0 Å². The van der Waals surface area contributed by atoms with Crippen LogP contribution in [0.1, 0.15) is 37.4 Å². The fourth-order valence-corrected chi connectivity index (χ4v) is 3.93. The minimum atomic E-state index is -0.769. The van der Waals surface area contributed by atoms with Crippen LogP contribution >= 0.6 is 0 Å². The Morgan fingerprint density at radius 2 is 1.75 bits per heavy atom. The summed E-state index contributed by atoms with van der Waals surface area (Å²) in [5.74, 6) is -0.607. The maximum atomic E-state index is 13.5. The molecule has 0 aliphatic carbocycles. The molecule has 6 nitrogen and oxygen atoms in total. The lowest BCUT2D eigenvalue weighted by Crippen LogP contribution is -2.33. The predicted octanol–water partition coefficient (Wildman–Crippen LogP) is 4.40. The predicted molar refractivity (Wildman–Crippen MR) is 118 cm³/mol. The SMILES string of the molecule is COc1ccc(CCN2C(=O)C(O)=C(C(=O)CC(C)C)C2c2ccc(F)cc2)cc1OC. The summed E-state index contributed by atoms with van der Waals surface area (Å²) in [6.45, 7) is 4.04. The van der Waals surface area contributed by atoms with E-state index in [4.69, 9.17) is 9.47 Å². The first-order chi connectivity index (χ1) is 15.3. The van der Waals surface area contributed by atoms with E-state index in [0.717, 1.165) is 5.56 Å². The Hall–Kier alpha value is -3.35. The Bertz CT molecular complexity index is 1030. The van der Waals surface area contributed by atoms with Crippen LogP contribution in [-0.2, 0) is 16.0 Å². The number of Topliss-reactive ketones (excluding diaryl/α,β-unsaturated/α-hetero) is 1. The summed E-state index contributed by atoms with van der Waals surface area (Å²) < 4.78 is 24.1. The van der Waals surface area contributed by atoms with E-state index in [9.17, 15) is 19.1 Å². The molecule has 0 saturated heterocycles. The first kappa shape index (κ1) is 23.3. The van der Waals surface area contributed by atoms with Crippen molar-refractivity contribution in [3.8, 4) is 11.5 Å². The van der Waals surface area contributed by atoms with Crippen molar-refractivity contribution in [2.45, 2.75) is 32.7 Å². The molecule has 0 bridgehead atoms. The number of ether oxygens (including phenoxy) is 2. The Labute approximate surface area is 187 Å². The lowest BCUT2D eigenvalue weighted by atomic mass is 9.92. The van der Waals surface area contributed by atoms with Crippen LogP contribution < -0.4 is 9.47 Å². The second-order valence-corrected chi connectivity index (χ2v) is 8.18. The standard InChI is InChI=1S/C25H28FNO5/c1-15(2)13-19(28)22-23(17-6-8-18(26)9-7-17)27(25(30)24(22)29)12-11-16-5-10-20(31-3)21(14-16)32-4/h5-10,14-15,23,29H,11-13H2,1-4H3. The second kappa shape index (κ2) is 9.85. The molecule has 1 unspecified atom stereocenters. The summed E-state index contributed by atoms with van der Waals surface area (Å²) in [4.78, 5) is 27.3. The maximum absolute atomic E-state index is 13.5. The molecule has 0 saturated carbocycles. The molecule has 0 aromatic heterocycles. The molecule has 1 atom stereocenters. The lowest BCUT2D eigenvalue weighted by molar-refractivity contribution is -0.129. The first-order valence-corrected chi connectivity index (χ1v) is 10.5. The molecule has 2 aromatic carbocycles. The van der Waals surface area contributed by atoms with Gasteiger partial charge in [0.05, 0.1) is 25.8 Å². The molecule has 0 fully saturated rings. The van der Waals surface area contributed by atoms with Crippen LogP contribution in [0.25, 0.3) is 0 Å². The zero-order valence-electron chi connectivity index (χ0n) is 18.7. The summed E-state index contributed by atoms with van der Waals surface area (Å²) in [6, 6.07) is 10.4. The number of aliphatic hydroxyl groups is 1. The number of methoxy groups -OCH3 is 2. The molecule has 32 heavy (non-hydrogen) atoms. The van der Waals surface area contributed by atoms with Crippen LogP contribution in [0.15, 0.2) is 53.8 Å². The number of ketones is 1. The Morgan fingerprint density at radius 1 is 1.09 bits per heavy atom. The average Bonchev–Trinajstić information content (AvgIpc) is 3.02. The molecule has 1 heterocycles. The largest absolute Gasteiger partial charge is 0.503 e. The number of amides is 1. The van der Waals surface area contributed by atoms with Crippen molar-refractivity contribution < 1.29 is 28.6 Å². The minimum absolute atomic E-state index is 0.0626. The van der Waals surface area contributed by atoms with Gasteiger partial charge in [-0.25, -0.2) is 4.39 Å². The van der Waals surface area contributed by atoms with Gasteiger partial charge in [-0.1, -0.05) is 32.0 Å². The molecular formula is C25H28FNO5. The van der Waals surface area contributed by atoms with E-state index in [1.807, 2.05) is 26.0 Å². The summed E-state index contributed by atoms with van der Waals surface area (Å²) in [6.07, 6.45) is 0.663. The number of benzene rings is 2. The van der Waals surface area contributed by atoms with Gasteiger partial charge in [0, 0.05) is 13.0 Å². The third-order valence-electron chi connectivity index (χ3n) is 5.47. The molecule has 170 valence electrons. The highest BCUT2D eigenvalue weighted by atomic mass is 19.1. The van der Waals surface area contributed by atoms with Crippen molar-refractivity contribution in [2.24, 2.45) is 5.92 Å². The van der Waals surface area contributed by atoms with Crippen LogP contribution in [0.3, 0.4) is 0 Å². The van der Waals surface area contributed by atoms with Gasteiger partial charge in [0.15, 0.2) is 23.0 Å². The van der Waals surface area contributed by atoms with Gasteiger partial charge in [-0.3, -0.25) is 9.59 Å².